The zero-order valence-corrected chi connectivity index (χ0v) is 14.3. The lowest BCUT2D eigenvalue weighted by Crippen LogP contribution is -2.58. The maximum Gasteiger partial charge on any atom is 0.405 e. The molecule has 1 amide bonds. The molecule has 4 nitrogen and oxygen atoms in total. The zero-order chi connectivity index (χ0) is 18.7. The molecular formula is C15H18ClF6N3O. The standard InChI is InChI=1S/C15H17F6N3O.ClH/c16-11-3-1-10(2-4-11)14(17,18)13(25)23-9-12(15(19,20)21)24-7-5-22-6-8-24;/h1-4,12,22H,5-9H2,(H,23,25);1H. The van der Waals surface area contributed by atoms with Gasteiger partial charge in [-0.2, -0.15) is 22.0 Å². The number of nitrogens with one attached hydrogen (secondary N) is 2. The highest BCUT2D eigenvalue weighted by molar-refractivity contribution is 5.85. The van der Waals surface area contributed by atoms with Crippen LogP contribution >= 0.6 is 12.4 Å². The molecule has 2 rings (SSSR count). The van der Waals surface area contributed by atoms with Crippen molar-refractivity contribution in [3.05, 3.63) is 35.6 Å². The summed E-state index contributed by atoms with van der Waals surface area (Å²) in [5.41, 5.74) is -0.794. The van der Waals surface area contributed by atoms with Crippen LogP contribution in [0, 0.1) is 5.82 Å². The van der Waals surface area contributed by atoms with E-state index in [9.17, 15) is 31.1 Å². The summed E-state index contributed by atoms with van der Waals surface area (Å²) in [4.78, 5) is 12.8. The molecule has 26 heavy (non-hydrogen) atoms. The normalized spacial score (nSPS) is 17.3. The summed E-state index contributed by atoms with van der Waals surface area (Å²) in [6, 6.07) is 0.868. The van der Waals surface area contributed by atoms with E-state index in [0.717, 1.165) is 17.0 Å². The van der Waals surface area contributed by atoms with Crippen LogP contribution in [0.1, 0.15) is 5.56 Å². The van der Waals surface area contributed by atoms with Crippen LogP contribution < -0.4 is 10.6 Å². The van der Waals surface area contributed by atoms with Crippen LogP contribution in [0.2, 0.25) is 0 Å². The summed E-state index contributed by atoms with van der Waals surface area (Å²) in [5.74, 6) is -6.69. The lowest BCUT2D eigenvalue weighted by molar-refractivity contribution is -0.185. The molecule has 1 aromatic rings. The predicted molar refractivity (Wildman–Crippen MR) is 84.8 cm³/mol. The number of carbonyl (C=O) groups is 1. The van der Waals surface area contributed by atoms with Crippen molar-refractivity contribution in [2.24, 2.45) is 0 Å². The summed E-state index contributed by atoms with van der Waals surface area (Å²) < 4.78 is 80.4. The number of hydrogen-bond donors (Lipinski definition) is 2. The second-order valence-electron chi connectivity index (χ2n) is 5.63. The quantitative estimate of drug-likeness (QED) is 0.739. The minimum Gasteiger partial charge on any atom is -0.349 e. The number of halogens is 7. The van der Waals surface area contributed by atoms with E-state index >= 15 is 0 Å². The minimum atomic E-state index is -4.67. The number of alkyl halides is 5. The van der Waals surface area contributed by atoms with Crippen molar-refractivity contribution in [3.8, 4) is 0 Å². The largest absolute Gasteiger partial charge is 0.405 e. The Morgan fingerprint density at radius 3 is 2.15 bits per heavy atom. The fourth-order valence-corrected chi connectivity index (χ4v) is 2.54. The number of benzene rings is 1. The third-order valence-corrected chi connectivity index (χ3v) is 3.92. The van der Waals surface area contributed by atoms with Crippen LogP contribution in [0.15, 0.2) is 24.3 Å². The Kier molecular flexibility index (Phi) is 7.72. The topological polar surface area (TPSA) is 44.4 Å². The summed E-state index contributed by atoms with van der Waals surface area (Å²) in [6.45, 7) is -0.125. The van der Waals surface area contributed by atoms with Crippen molar-refractivity contribution in [1.82, 2.24) is 15.5 Å². The summed E-state index contributed by atoms with van der Waals surface area (Å²) in [6.07, 6.45) is -4.67. The monoisotopic (exact) mass is 405 g/mol. The van der Waals surface area contributed by atoms with Crippen LogP contribution in [-0.2, 0) is 10.7 Å². The Bertz CT molecular complexity index is 590. The summed E-state index contributed by atoms with van der Waals surface area (Å²) >= 11 is 0. The third-order valence-electron chi connectivity index (χ3n) is 3.92. The molecule has 1 aromatic carbocycles. The average Bonchev–Trinajstić information content (AvgIpc) is 2.55. The van der Waals surface area contributed by atoms with Gasteiger partial charge >= 0.3 is 12.1 Å². The van der Waals surface area contributed by atoms with Crippen molar-refractivity contribution in [2.75, 3.05) is 32.7 Å². The number of nitrogens with zero attached hydrogens (tertiary/aromatic N) is 1. The number of hydrogen-bond acceptors (Lipinski definition) is 3. The van der Waals surface area contributed by atoms with Crippen LogP contribution in [0.4, 0.5) is 26.3 Å². The highest BCUT2D eigenvalue weighted by Crippen LogP contribution is 2.29. The van der Waals surface area contributed by atoms with Crippen LogP contribution in [0.3, 0.4) is 0 Å². The van der Waals surface area contributed by atoms with Gasteiger partial charge in [0.25, 0.3) is 5.91 Å². The molecule has 1 saturated heterocycles. The molecule has 1 fully saturated rings. The molecule has 1 atom stereocenters. The van der Waals surface area contributed by atoms with Gasteiger partial charge in [0.1, 0.15) is 11.9 Å². The molecule has 0 aliphatic carbocycles. The van der Waals surface area contributed by atoms with E-state index in [2.05, 4.69) is 5.32 Å². The second kappa shape index (κ2) is 8.92. The Labute approximate surface area is 152 Å². The van der Waals surface area contributed by atoms with E-state index in [4.69, 9.17) is 0 Å². The van der Waals surface area contributed by atoms with Gasteiger partial charge in [0.15, 0.2) is 0 Å². The van der Waals surface area contributed by atoms with Crippen molar-refractivity contribution in [3.63, 3.8) is 0 Å². The van der Waals surface area contributed by atoms with Gasteiger partial charge in [-0.25, -0.2) is 4.39 Å². The van der Waals surface area contributed by atoms with E-state index in [-0.39, 0.29) is 25.5 Å². The zero-order valence-electron chi connectivity index (χ0n) is 13.5. The molecule has 11 heteroatoms. The van der Waals surface area contributed by atoms with E-state index in [0.29, 0.717) is 25.2 Å². The molecule has 0 aromatic heterocycles. The second-order valence-corrected chi connectivity index (χ2v) is 5.63. The van der Waals surface area contributed by atoms with E-state index in [1.54, 1.807) is 5.32 Å². The number of piperazine rings is 1. The van der Waals surface area contributed by atoms with Crippen molar-refractivity contribution in [1.29, 1.82) is 0 Å². The maximum absolute atomic E-state index is 14.0. The molecule has 1 aliphatic heterocycles. The van der Waals surface area contributed by atoms with Crippen LogP contribution in [0.25, 0.3) is 0 Å². The van der Waals surface area contributed by atoms with E-state index < -0.39 is 42.0 Å². The summed E-state index contributed by atoms with van der Waals surface area (Å²) in [5, 5.41) is 4.56. The Morgan fingerprint density at radius 2 is 1.65 bits per heavy atom. The highest BCUT2D eigenvalue weighted by Gasteiger charge is 2.46. The molecule has 1 heterocycles. The van der Waals surface area contributed by atoms with Gasteiger partial charge in [-0.05, 0) is 24.3 Å². The predicted octanol–water partition coefficient (Wildman–Crippen LogP) is 2.29. The Balaban J connectivity index is 0.00000338. The fourth-order valence-electron chi connectivity index (χ4n) is 2.54. The lowest BCUT2D eigenvalue weighted by atomic mass is 10.1. The van der Waals surface area contributed by atoms with Gasteiger partial charge in [-0.15, -0.1) is 12.4 Å². The van der Waals surface area contributed by atoms with E-state index in [1.807, 2.05) is 0 Å². The lowest BCUT2D eigenvalue weighted by Gasteiger charge is -2.36. The molecule has 0 saturated carbocycles. The van der Waals surface area contributed by atoms with Gasteiger partial charge in [-0.1, -0.05) is 0 Å². The van der Waals surface area contributed by atoms with Crippen LogP contribution in [0.5, 0.6) is 0 Å². The first-order valence-corrected chi connectivity index (χ1v) is 7.56. The van der Waals surface area contributed by atoms with Gasteiger partial charge < -0.3 is 10.6 Å². The number of carbonyl (C=O) groups excluding carboxylic acids is 1. The van der Waals surface area contributed by atoms with Crippen molar-refractivity contribution in [2.45, 2.75) is 18.1 Å². The van der Waals surface area contributed by atoms with Crippen molar-refractivity contribution < 1.29 is 31.1 Å². The highest BCUT2D eigenvalue weighted by atomic mass is 35.5. The van der Waals surface area contributed by atoms with Crippen LogP contribution in [-0.4, -0.2) is 55.7 Å². The SMILES string of the molecule is Cl.O=C(NCC(N1CCNCC1)C(F)(F)F)C(F)(F)c1ccc(F)cc1. The molecular weight excluding hydrogens is 388 g/mol. The summed E-state index contributed by atoms with van der Waals surface area (Å²) in [7, 11) is 0. The number of rotatable bonds is 5. The van der Waals surface area contributed by atoms with Gasteiger partial charge in [0.2, 0.25) is 0 Å². The van der Waals surface area contributed by atoms with Gasteiger partial charge in [-0.3, -0.25) is 9.69 Å². The van der Waals surface area contributed by atoms with Gasteiger partial charge in [0, 0.05) is 38.3 Å². The Hall–Kier alpha value is -1.52. The molecule has 0 spiro atoms. The maximum atomic E-state index is 14.0. The van der Waals surface area contributed by atoms with Gasteiger partial charge in [0.05, 0.1) is 0 Å². The third kappa shape index (κ3) is 5.49. The van der Waals surface area contributed by atoms with Crippen molar-refractivity contribution >= 4 is 18.3 Å². The fraction of sp³-hybridized carbons (Fsp3) is 0.533. The molecule has 1 aliphatic rings. The first-order chi connectivity index (χ1) is 11.6. The minimum absolute atomic E-state index is 0. The number of amides is 1. The molecule has 1 unspecified atom stereocenters. The first-order valence-electron chi connectivity index (χ1n) is 7.56. The smallest absolute Gasteiger partial charge is 0.349 e. The average molecular weight is 406 g/mol. The van der Waals surface area contributed by atoms with E-state index in [1.165, 1.54) is 0 Å². The Morgan fingerprint density at radius 1 is 1.12 bits per heavy atom. The first kappa shape index (κ1) is 22.5. The molecule has 0 bridgehead atoms. The molecule has 2 N–H and O–H groups in total. The molecule has 0 radical (unpaired) electrons. The molecule has 148 valence electrons.